The Morgan fingerprint density at radius 3 is 2.64 bits per heavy atom. The molecular weight excluding hydrogens is 178 g/mol. The monoisotopic (exact) mass is 201 g/mol. The summed E-state index contributed by atoms with van der Waals surface area (Å²) in [5.74, 6) is 0.729. The van der Waals surface area contributed by atoms with Crippen molar-refractivity contribution in [3.05, 3.63) is 0 Å². The number of ether oxygens (including phenoxy) is 2. The van der Waals surface area contributed by atoms with E-state index in [-0.39, 0.29) is 12.1 Å². The standard InChI is InChI=1S/C11H23NO2/c1-3-14-11(9-6-7-9)10(12)5-4-8-13-2/h9-11H,3-8,12H2,1-2H3. The molecule has 2 atom stereocenters. The highest BCUT2D eigenvalue weighted by atomic mass is 16.5. The third kappa shape index (κ3) is 3.95. The molecule has 0 heterocycles. The van der Waals surface area contributed by atoms with Crippen LogP contribution in [0.4, 0.5) is 0 Å². The SMILES string of the molecule is CCOC(C(N)CCCOC)C1CC1. The van der Waals surface area contributed by atoms with E-state index in [4.69, 9.17) is 15.2 Å². The summed E-state index contributed by atoms with van der Waals surface area (Å²) < 4.78 is 10.7. The molecule has 0 bridgehead atoms. The van der Waals surface area contributed by atoms with E-state index < -0.39 is 0 Å². The third-order valence-corrected chi connectivity index (χ3v) is 2.75. The molecule has 1 saturated carbocycles. The molecule has 0 spiro atoms. The number of methoxy groups -OCH3 is 1. The number of hydrogen-bond donors (Lipinski definition) is 1. The molecule has 0 aromatic rings. The van der Waals surface area contributed by atoms with Crippen LogP contribution in [0.15, 0.2) is 0 Å². The molecule has 0 radical (unpaired) electrons. The molecule has 1 aliphatic rings. The average molecular weight is 201 g/mol. The Morgan fingerprint density at radius 2 is 2.14 bits per heavy atom. The lowest BCUT2D eigenvalue weighted by atomic mass is 10.0. The highest BCUT2D eigenvalue weighted by molar-refractivity contribution is 4.88. The molecule has 0 saturated heterocycles. The molecule has 0 amide bonds. The van der Waals surface area contributed by atoms with Crippen molar-refractivity contribution < 1.29 is 9.47 Å². The predicted molar refractivity (Wildman–Crippen MR) is 57.2 cm³/mol. The fourth-order valence-electron chi connectivity index (χ4n) is 1.85. The van der Waals surface area contributed by atoms with Gasteiger partial charge in [0.15, 0.2) is 0 Å². The van der Waals surface area contributed by atoms with Crippen molar-refractivity contribution in [1.29, 1.82) is 0 Å². The number of hydrogen-bond acceptors (Lipinski definition) is 3. The van der Waals surface area contributed by atoms with Crippen molar-refractivity contribution in [2.24, 2.45) is 11.7 Å². The van der Waals surface area contributed by atoms with Gasteiger partial charge in [-0.3, -0.25) is 0 Å². The molecule has 3 nitrogen and oxygen atoms in total. The first-order chi connectivity index (χ1) is 6.79. The van der Waals surface area contributed by atoms with Crippen LogP contribution in [0.2, 0.25) is 0 Å². The van der Waals surface area contributed by atoms with Crippen LogP contribution in [-0.2, 0) is 9.47 Å². The van der Waals surface area contributed by atoms with Gasteiger partial charge in [0.05, 0.1) is 6.10 Å². The molecule has 3 heteroatoms. The van der Waals surface area contributed by atoms with E-state index in [0.29, 0.717) is 0 Å². The second-order valence-electron chi connectivity index (χ2n) is 4.06. The van der Waals surface area contributed by atoms with Crippen LogP contribution in [0.5, 0.6) is 0 Å². The first kappa shape index (κ1) is 12.0. The Morgan fingerprint density at radius 1 is 1.43 bits per heavy atom. The molecule has 2 unspecified atom stereocenters. The largest absolute Gasteiger partial charge is 0.385 e. The smallest absolute Gasteiger partial charge is 0.0753 e. The topological polar surface area (TPSA) is 44.5 Å². The fraction of sp³-hybridized carbons (Fsp3) is 1.00. The highest BCUT2D eigenvalue weighted by Crippen LogP contribution is 2.36. The lowest BCUT2D eigenvalue weighted by molar-refractivity contribution is 0.0248. The summed E-state index contributed by atoms with van der Waals surface area (Å²) >= 11 is 0. The van der Waals surface area contributed by atoms with Gasteiger partial charge in [-0.2, -0.15) is 0 Å². The minimum absolute atomic E-state index is 0.192. The van der Waals surface area contributed by atoms with Gasteiger partial charge in [0.1, 0.15) is 0 Å². The van der Waals surface area contributed by atoms with E-state index in [1.807, 2.05) is 6.92 Å². The molecule has 0 aliphatic heterocycles. The molecule has 84 valence electrons. The van der Waals surface area contributed by atoms with Gasteiger partial charge in [0.2, 0.25) is 0 Å². The molecule has 1 rings (SSSR count). The van der Waals surface area contributed by atoms with Crippen molar-refractivity contribution in [2.75, 3.05) is 20.3 Å². The van der Waals surface area contributed by atoms with E-state index in [1.165, 1.54) is 12.8 Å². The second-order valence-corrected chi connectivity index (χ2v) is 4.06. The molecule has 1 fully saturated rings. The second kappa shape index (κ2) is 6.38. The number of nitrogens with two attached hydrogens (primary N) is 1. The Bertz CT molecular complexity index is 148. The maximum atomic E-state index is 6.11. The first-order valence-electron chi connectivity index (χ1n) is 5.65. The Kier molecular flexibility index (Phi) is 5.45. The third-order valence-electron chi connectivity index (χ3n) is 2.75. The predicted octanol–water partition coefficient (Wildman–Crippen LogP) is 1.56. The van der Waals surface area contributed by atoms with E-state index in [2.05, 4.69) is 0 Å². The maximum Gasteiger partial charge on any atom is 0.0753 e. The van der Waals surface area contributed by atoms with Crippen LogP contribution in [-0.4, -0.2) is 32.5 Å². The van der Waals surface area contributed by atoms with Crippen LogP contribution in [0.1, 0.15) is 32.6 Å². The molecule has 0 aromatic carbocycles. The molecule has 2 N–H and O–H groups in total. The van der Waals surface area contributed by atoms with Crippen LogP contribution in [0.25, 0.3) is 0 Å². The summed E-state index contributed by atoms with van der Waals surface area (Å²) in [6, 6.07) is 0.192. The van der Waals surface area contributed by atoms with Crippen LogP contribution < -0.4 is 5.73 Å². The average Bonchev–Trinajstić information content (AvgIpc) is 2.98. The van der Waals surface area contributed by atoms with Gasteiger partial charge in [0.25, 0.3) is 0 Å². The zero-order valence-corrected chi connectivity index (χ0v) is 9.37. The van der Waals surface area contributed by atoms with Crippen LogP contribution in [0.3, 0.4) is 0 Å². The number of rotatable bonds is 8. The van der Waals surface area contributed by atoms with E-state index in [0.717, 1.165) is 32.0 Å². The summed E-state index contributed by atoms with van der Waals surface area (Å²) in [6.07, 6.45) is 4.92. The van der Waals surface area contributed by atoms with Crippen molar-refractivity contribution >= 4 is 0 Å². The molecule has 0 aromatic heterocycles. The lowest BCUT2D eigenvalue weighted by Gasteiger charge is -2.23. The lowest BCUT2D eigenvalue weighted by Crippen LogP contribution is -2.38. The van der Waals surface area contributed by atoms with Crippen molar-refractivity contribution in [3.63, 3.8) is 0 Å². The van der Waals surface area contributed by atoms with E-state index in [9.17, 15) is 0 Å². The summed E-state index contributed by atoms with van der Waals surface area (Å²) in [7, 11) is 1.73. The van der Waals surface area contributed by atoms with Gasteiger partial charge in [-0.15, -0.1) is 0 Å². The maximum absolute atomic E-state index is 6.11. The summed E-state index contributed by atoms with van der Waals surface area (Å²) in [5.41, 5.74) is 6.11. The normalized spacial score (nSPS) is 20.8. The van der Waals surface area contributed by atoms with E-state index >= 15 is 0 Å². The fourth-order valence-corrected chi connectivity index (χ4v) is 1.85. The minimum Gasteiger partial charge on any atom is -0.385 e. The zero-order chi connectivity index (χ0) is 10.4. The van der Waals surface area contributed by atoms with Gasteiger partial charge >= 0.3 is 0 Å². The molecular formula is C11H23NO2. The Balaban J connectivity index is 2.19. The summed E-state index contributed by atoms with van der Waals surface area (Å²) in [6.45, 7) is 3.62. The summed E-state index contributed by atoms with van der Waals surface area (Å²) in [5, 5.41) is 0. The van der Waals surface area contributed by atoms with Crippen molar-refractivity contribution in [3.8, 4) is 0 Å². The van der Waals surface area contributed by atoms with Gasteiger partial charge in [-0.05, 0) is 38.5 Å². The van der Waals surface area contributed by atoms with Gasteiger partial charge in [-0.25, -0.2) is 0 Å². The van der Waals surface area contributed by atoms with Gasteiger partial charge < -0.3 is 15.2 Å². The zero-order valence-electron chi connectivity index (χ0n) is 9.37. The Hall–Kier alpha value is -0.120. The molecule has 14 heavy (non-hydrogen) atoms. The summed E-state index contributed by atoms with van der Waals surface area (Å²) in [4.78, 5) is 0. The minimum atomic E-state index is 0.192. The van der Waals surface area contributed by atoms with Crippen LogP contribution in [0, 0.1) is 5.92 Å². The van der Waals surface area contributed by atoms with Crippen molar-refractivity contribution in [2.45, 2.75) is 44.8 Å². The quantitative estimate of drug-likeness (QED) is 0.606. The van der Waals surface area contributed by atoms with Crippen LogP contribution >= 0.6 is 0 Å². The van der Waals surface area contributed by atoms with Crippen molar-refractivity contribution in [1.82, 2.24) is 0 Å². The van der Waals surface area contributed by atoms with E-state index in [1.54, 1.807) is 7.11 Å². The Labute approximate surface area is 86.9 Å². The molecule has 1 aliphatic carbocycles. The first-order valence-corrected chi connectivity index (χ1v) is 5.65. The van der Waals surface area contributed by atoms with Gasteiger partial charge in [0, 0.05) is 26.4 Å². The highest BCUT2D eigenvalue weighted by Gasteiger charge is 2.35. The van der Waals surface area contributed by atoms with Gasteiger partial charge in [-0.1, -0.05) is 0 Å².